The van der Waals surface area contributed by atoms with Crippen LogP contribution in [-0.2, 0) is 5.54 Å². The summed E-state index contributed by atoms with van der Waals surface area (Å²) in [4.78, 5) is 0. The van der Waals surface area contributed by atoms with Crippen LogP contribution in [0.25, 0.3) is 0 Å². The summed E-state index contributed by atoms with van der Waals surface area (Å²) in [5.41, 5.74) is 10.6. The van der Waals surface area contributed by atoms with Gasteiger partial charge in [-0.2, -0.15) is 0 Å². The molecule has 2 rings (SSSR count). The molecule has 1 aliphatic carbocycles. The molecule has 0 bridgehead atoms. The second-order valence-corrected chi connectivity index (χ2v) is 5.90. The summed E-state index contributed by atoms with van der Waals surface area (Å²) in [6, 6.07) is 6.79. The first kappa shape index (κ1) is 12.6. The van der Waals surface area contributed by atoms with Crippen LogP contribution in [0.3, 0.4) is 0 Å². The van der Waals surface area contributed by atoms with E-state index in [1.165, 1.54) is 36.0 Å². The zero-order valence-corrected chi connectivity index (χ0v) is 11.4. The van der Waals surface area contributed by atoms with Crippen LogP contribution >= 0.6 is 0 Å². The topological polar surface area (TPSA) is 26.0 Å². The molecule has 1 aromatic carbocycles. The van der Waals surface area contributed by atoms with Gasteiger partial charge in [0.25, 0.3) is 0 Å². The zero-order valence-electron chi connectivity index (χ0n) is 11.4. The first-order valence-corrected chi connectivity index (χ1v) is 6.91. The van der Waals surface area contributed by atoms with Crippen molar-refractivity contribution in [1.82, 2.24) is 0 Å². The maximum atomic E-state index is 6.68. The van der Waals surface area contributed by atoms with Crippen molar-refractivity contribution in [2.45, 2.75) is 58.4 Å². The molecule has 0 amide bonds. The minimum atomic E-state index is -0.0737. The van der Waals surface area contributed by atoms with E-state index in [9.17, 15) is 0 Å². The minimum absolute atomic E-state index is 0.0737. The van der Waals surface area contributed by atoms with Crippen LogP contribution in [0.2, 0.25) is 0 Å². The molecule has 17 heavy (non-hydrogen) atoms. The largest absolute Gasteiger partial charge is 0.321 e. The minimum Gasteiger partial charge on any atom is -0.321 e. The summed E-state index contributed by atoms with van der Waals surface area (Å²) in [6.45, 7) is 6.62. The number of benzene rings is 1. The lowest BCUT2D eigenvalue weighted by molar-refractivity contribution is 0.221. The van der Waals surface area contributed by atoms with Gasteiger partial charge in [-0.05, 0) is 38.2 Å². The molecule has 0 saturated heterocycles. The van der Waals surface area contributed by atoms with Crippen molar-refractivity contribution >= 4 is 0 Å². The van der Waals surface area contributed by atoms with Crippen LogP contribution in [0.1, 0.15) is 55.7 Å². The number of hydrogen-bond acceptors (Lipinski definition) is 1. The van der Waals surface area contributed by atoms with Crippen LogP contribution in [-0.4, -0.2) is 0 Å². The van der Waals surface area contributed by atoms with Crippen LogP contribution in [0.4, 0.5) is 0 Å². The highest BCUT2D eigenvalue weighted by atomic mass is 14.8. The molecular weight excluding hydrogens is 206 g/mol. The Morgan fingerprint density at radius 1 is 1.24 bits per heavy atom. The average Bonchev–Trinajstić information content (AvgIpc) is 2.28. The van der Waals surface area contributed by atoms with E-state index in [0.717, 1.165) is 18.8 Å². The number of rotatable bonds is 2. The Morgan fingerprint density at radius 2 is 1.88 bits per heavy atom. The third kappa shape index (κ3) is 2.71. The SMILES string of the molecule is CCC1CCCC(N)(c2cc(C)cc(C)c2)C1. The van der Waals surface area contributed by atoms with Gasteiger partial charge in [0.2, 0.25) is 0 Å². The fourth-order valence-electron chi connectivity index (χ4n) is 3.30. The first-order chi connectivity index (χ1) is 8.03. The molecule has 1 fully saturated rings. The van der Waals surface area contributed by atoms with Gasteiger partial charge in [0.05, 0.1) is 0 Å². The molecule has 1 nitrogen and oxygen atoms in total. The Hall–Kier alpha value is -0.820. The van der Waals surface area contributed by atoms with Gasteiger partial charge in [-0.15, -0.1) is 0 Å². The van der Waals surface area contributed by atoms with E-state index in [1.54, 1.807) is 0 Å². The fourth-order valence-corrected chi connectivity index (χ4v) is 3.30. The fraction of sp³-hybridized carbons (Fsp3) is 0.625. The van der Waals surface area contributed by atoms with Crippen molar-refractivity contribution in [3.63, 3.8) is 0 Å². The molecule has 0 aliphatic heterocycles. The Labute approximate surface area is 105 Å². The van der Waals surface area contributed by atoms with Crippen molar-refractivity contribution in [2.75, 3.05) is 0 Å². The second-order valence-electron chi connectivity index (χ2n) is 5.90. The van der Waals surface area contributed by atoms with Gasteiger partial charge >= 0.3 is 0 Å². The predicted molar refractivity (Wildman–Crippen MR) is 74.0 cm³/mol. The van der Waals surface area contributed by atoms with E-state index in [2.05, 4.69) is 39.0 Å². The molecule has 1 aromatic rings. The normalized spacial score (nSPS) is 29.3. The molecule has 1 heteroatoms. The van der Waals surface area contributed by atoms with Crippen LogP contribution in [0, 0.1) is 19.8 Å². The molecule has 2 atom stereocenters. The molecular formula is C16H25N. The predicted octanol–water partition coefficient (Wildman–Crippen LogP) is 4.06. The third-order valence-corrected chi connectivity index (χ3v) is 4.26. The van der Waals surface area contributed by atoms with Crippen molar-refractivity contribution < 1.29 is 0 Å². The van der Waals surface area contributed by atoms with Gasteiger partial charge in [0.1, 0.15) is 0 Å². The Morgan fingerprint density at radius 3 is 2.47 bits per heavy atom. The second kappa shape index (κ2) is 4.81. The summed E-state index contributed by atoms with van der Waals surface area (Å²) in [5, 5.41) is 0. The molecule has 1 aliphatic rings. The molecule has 0 aromatic heterocycles. The molecule has 0 radical (unpaired) electrons. The van der Waals surface area contributed by atoms with E-state index < -0.39 is 0 Å². The monoisotopic (exact) mass is 231 g/mol. The average molecular weight is 231 g/mol. The Bertz CT molecular complexity index is 376. The number of hydrogen-bond donors (Lipinski definition) is 1. The van der Waals surface area contributed by atoms with E-state index >= 15 is 0 Å². The van der Waals surface area contributed by atoms with Crippen LogP contribution < -0.4 is 5.73 Å². The smallest absolute Gasteiger partial charge is 0.0412 e. The first-order valence-electron chi connectivity index (χ1n) is 6.91. The lowest BCUT2D eigenvalue weighted by Gasteiger charge is -2.38. The Balaban J connectivity index is 2.30. The molecule has 2 N–H and O–H groups in total. The highest BCUT2D eigenvalue weighted by molar-refractivity contribution is 5.33. The molecule has 1 saturated carbocycles. The lowest BCUT2D eigenvalue weighted by Crippen LogP contribution is -2.41. The van der Waals surface area contributed by atoms with Gasteiger partial charge in [0, 0.05) is 5.54 Å². The summed E-state index contributed by atoms with van der Waals surface area (Å²) >= 11 is 0. The highest BCUT2D eigenvalue weighted by Gasteiger charge is 2.33. The summed E-state index contributed by atoms with van der Waals surface area (Å²) in [6.07, 6.45) is 6.21. The maximum absolute atomic E-state index is 6.68. The lowest BCUT2D eigenvalue weighted by atomic mass is 9.71. The van der Waals surface area contributed by atoms with E-state index in [1.807, 2.05) is 0 Å². The van der Waals surface area contributed by atoms with Gasteiger partial charge in [-0.3, -0.25) is 0 Å². The zero-order chi connectivity index (χ0) is 12.5. The summed E-state index contributed by atoms with van der Waals surface area (Å²) < 4.78 is 0. The van der Waals surface area contributed by atoms with Crippen molar-refractivity contribution in [3.8, 4) is 0 Å². The molecule has 94 valence electrons. The highest BCUT2D eigenvalue weighted by Crippen LogP contribution is 2.39. The van der Waals surface area contributed by atoms with Gasteiger partial charge in [-0.1, -0.05) is 55.5 Å². The quantitative estimate of drug-likeness (QED) is 0.816. The Kier molecular flexibility index (Phi) is 3.58. The molecule has 2 unspecified atom stereocenters. The number of aryl methyl sites for hydroxylation is 2. The maximum Gasteiger partial charge on any atom is 0.0412 e. The molecule has 0 heterocycles. The van der Waals surface area contributed by atoms with E-state index in [-0.39, 0.29) is 5.54 Å². The number of nitrogens with two attached hydrogens (primary N) is 1. The summed E-state index contributed by atoms with van der Waals surface area (Å²) in [7, 11) is 0. The standard InChI is InChI=1S/C16H25N/c1-4-14-6-5-7-16(17,11-14)15-9-12(2)8-13(3)10-15/h8-10,14H,4-7,11,17H2,1-3H3. The van der Waals surface area contributed by atoms with Gasteiger partial charge in [0.15, 0.2) is 0 Å². The summed E-state index contributed by atoms with van der Waals surface area (Å²) in [5.74, 6) is 0.814. The van der Waals surface area contributed by atoms with E-state index in [4.69, 9.17) is 5.73 Å². The van der Waals surface area contributed by atoms with Crippen molar-refractivity contribution in [1.29, 1.82) is 0 Å². The van der Waals surface area contributed by atoms with Crippen LogP contribution in [0.15, 0.2) is 18.2 Å². The van der Waals surface area contributed by atoms with Gasteiger partial charge < -0.3 is 5.73 Å². The third-order valence-electron chi connectivity index (χ3n) is 4.26. The molecule has 0 spiro atoms. The van der Waals surface area contributed by atoms with E-state index in [0.29, 0.717) is 0 Å². The van der Waals surface area contributed by atoms with Crippen molar-refractivity contribution in [2.24, 2.45) is 11.7 Å². The van der Waals surface area contributed by atoms with Crippen molar-refractivity contribution in [3.05, 3.63) is 34.9 Å². The van der Waals surface area contributed by atoms with Crippen LogP contribution in [0.5, 0.6) is 0 Å². The van der Waals surface area contributed by atoms with Gasteiger partial charge in [-0.25, -0.2) is 0 Å².